The lowest BCUT2D eigenvalue weighted by molar-refractivity contribution is -0.0859. The maximum atomic E-state index is 5.86. The van der Waals surface area contributed by atoms with Gasteiger partial charge in [0.1, 0.15) is 30.0 Å². The lowest BCUT2D eigenvalue weighted by atomic mass is 9.98. The molecule has 0 unspecified atom stereocenters. The summed E-state index contributed by atoms with van der Waals surface area (Å²) in [5.41, 5.74) is 0. The maximum Gasteiger partial charge on any atom is 0.146 e. The molecule has 2 nitrogen and oxygen atoms in total. The first-order valence-electron chi connectivity index (χ1n) is 13.5. The summed E-state index contributed by atoms with van der Waals surface area (Å²) in [5, 5.41) is 4.46. The van der Waals surface area contributed by atoms with E-state index in [4.69, 9.17) is 9.47 Å². The quantitative estimate of drug-likeness (QED) is 0.101. The van der Waals surface area contributed by atoms with Crippen LogP contribution in [0.5, 0.6) is 0 Å². The molecule has 4 heteroatoms. The minimum absolute atomic E-state index is 0. The first kappa shape index (κ1) is 31.4. The topological polar surface area (TPSA) is 18.5 Å². The molecule has 0 fully saturated rings. The highest BCUT2D eigenvalue weighted by molar-refractivity contribution is 7.95. The molecule has 0 aromatic heterocycles. The Hall–Kier alpha value is -1.77. The van der Waals surface area contributed by atoms with Gasteiger partial charge < -0.3 is 26.5 Å². The van der Waals surface area contributed by atoms with Gasteiger partial charge in [-0.3, -0.25) is 0 Å². The van der Waals surface area contributed by atoms with E-state index < -0.39 is 7.26 Å². The van der Waals surface area contributed by atoms with E-state index >= 15 is 0 Å². The van der Waals surface area contributed by atoms with E-state index in [0.29, 0.717) is 12.7 Å². The van der Waals surface area contributed by atoms with Gasteiger partial charge in [-0.05, 0) is 55.7 Å². The van der Waals surface area contributed by atoms with E-state index in [-0.39, 0.29) is 23.1 Å². The zero-order chi connectivity index (χ0) is 25.5. The molecular formula is C33H44BrO2P. The third-order valence-electron chi connectivity index (χ3n) is 7.18. The average molecular weight is 584 g/mol. The number of halogens is 1. The van der Waals surface area contributed by atoms with Gasteiger partial charge in [0.15, 0.2) is 0 Å². The SMILES string of the molecule is C=C[C@H](C)[C@H](CCCCCCCC[P+](c1ccccc1)(c1ccccc1)c1ccccc1)OCOC.[Br-]. The minimum atomic E-state index is -1.69. The fraction of sp³-hybridized carbons (Fsp3) is 0.394. The maximum absolute atomic E-state index is 5.86. The molecule has 37 heavy (non-hydrogen) atoms. The molecule has 0 aliphatic carbocycles. The Bertz CT molecular complexity index is 884. The van der Waals surface area contributed by atoms with Gasteiger partial charge in [-0.2, -0.15) is 0 Å². The van der Waals surface area contributed by atoms with Crippen molar-refractivity contribution in [2.24, 2.45) is 5.92 Å². The van der Waals surface area contributed by atoms with Crippen LogP contribution in [0.4, 0.5) is 0 Å². The second-order valence-electron chi connectivity index (χ2n) is 9.66. The van der Waals surface area contributed by atoms with Crippen LogP contribution in [0.3, 0.4) is 0 Å². The van der Waals surface area contributed by atoms with Gasteiger partial charge in [0.2, 0.25) is 0 Å². The van der Waals surface area contributed by atoms with Crippen molar-refractivity contribution in [3.8, 4) is 0 Å². The van der Waals surface area contributed by atoms with Crippen molar-refractivity contribution in [1.29, 1.82) is 0 Å². The summed E-state index contributed by atoms with van der Waals surface area (Å²) in [6.45, 7) is 6.47. The summed E-state index contributed by atoms with van der Waals surface area (Å²) in [7, 11) is -0.0105. The van der Waals surface area contributed by atoms with Crippen molar-refractivity contribution >= 4 is 23.2 Å². The second-order valence-corrected chi connectivity index (χ2v) is 13.3. The summed E-state index contributed by atoms with van der Waals surface area (Å²) in [5.74, 6) is 0.353. The Morgan fingerprint density at radius 1 is 0.703 bits per heavy atom. The molecule has 0 aliphatic heterocycles. The van der Waals surface area contributed by atoms with E-state index in [1.165, 1.54) is 60.6 Å². The Labute approximate surface area is 236 Å². The van der Waals surface area contributed by atoms with Crippen LogP contribution in [0.1, 0.15) is 51.9 Å². The fourth-order valence-electron chi connectivity index (χ4n) is 5.09. The lowest BCUT2D eigenvalue weighted by Gasteiger charge is -2.27. The number of methoxy groups -OCH3 is 1. The normalized spacial score (nSPS) is 12.9. The Morgan fingerprint density at radius 2 is 1.14 bits per heavy atom. The van der Waals surface area contributed by atoms with Gasteiger partial charge in [-0.25, -0.2) is 0 Å². The second kappa shape index (κ2) is 17.7. The molecule has 0 aliphatic rings. The van der Waals surface area contributed by atoms with Crippen molar-refractivity contribution < 1.29 is 26.5 Å². The Morgan fingerprint density at radius 3 is 1.57 bits per heavy atom. The summed E-state index contributed by atoms with van der Waals surface area (Å²) >= 11 is 0. The number of unbranched alkanes of at least 4 members (excludes halogenated alkanes) is 5. The van der Waals surface area contributed by atoms with E-state index in [1.54, 1.807) is 7.11 Å². The largest absolute Gasteiger partial charge is 1.00 e. The predicted octanol–water partition coefficient (Wildman–Crippen LogP) is 4.53. The van der Waals surface area contributed by atoms with Crippen molar-refractivity contribution in [1.82, 2.24) is 0 Å². The molecule has 0 bridgehead atoms. The molecule has 200 valence electrons. The van der Waals surface area contributed by atoms with Crippen LogP contribution in [0.15, 0.2) is 104 Å². The van der Waals surface area contributed by atoms with Gasteiger partial charge >= 0.3 is 0 Å². The number of benzene rings is 3. The standard InChI is InChI=1S/C33H44O2P.BrH/c1-4-29(2)33(35-28-34-3)26-18-7-5-6-8-19-27-36(30-20-12-9-13-21-30,31-22-14-10-15-23-31)32-24-16-11-17-25-32;/h4,9-17,20-25,29,33H,1,5-8,18-19,26-28H2,2-3H3;1H/q+1;/p-1/t29-,33-;/m0./s1. The third-order valence-corrected chi connectivity index (χ3v) is 11.7. The lowest BCUT2D eigenvalue weighted by Crippen LogP contribution is -3.00. The number of rotatable bonds is 17. The molecule has 0 radical (unpaired) electrons. The first-order chi connectivity index (χ1) is 17.7. The molecule has 0 saturated carbocycles. The minimum Gasteiger partial charge on any atom is -1.00 e. The molecule has 3 aromatic carbocycles. The smallest absolute Gasteiger partial charge is 0.146 e. The van der Waals surface area contributed by atoms with Gasteiger partial charge in [0.05, 0.1) is 12.3 Å². The van der Waals surface area contributed by atoms with Gasteiger partial charge in [-0.15, -0.1) is 6.58 Å². The van der Waals surface area contributed by atoms with Crippen molar-refractivity contribution in [3.05, 3.63) is 104 Å². The highest BCUT2D eigenvalue weighted by atomic mass is 79.9. The molecule has 0 saturated heterocycles. The van der Waals surface area contributed by atoms with Crippen LogP contribution in [-0.2, 0) is 9.47 Å². The Balaban J connectivity index is 0.00000481. The number of hydrogen-bond donors (Lipinski definition) is 0. The van der Waals surface area contributed by atoms with Crippen LogP contribution >= 0.6 is 7.26 Å². The fourth-order valence-corrected chi connectivity index (χ4v) is 9.50. The van der Waals surface area contributed by atoms with E-state index in [1.807, 2.05) is 6.08 Å². The van der Waals surface area contributed by atoms with Crippen LogP contribution < -0.4 is 32.9 Å². The van der Waals surface area contributed by atoms with Crippen LogP contribution in [0, 0.1) is 5.92 Å². The molecule has 3 rings (SSSR count). The van der Waals surface area contributed by atoms with Crippen molar-refractivity contribution in [2.75, 3.05) is 20.1 Å². The van der Waals surface area contributed by atoms with E-state index in [9.17, 15) is 0 Å². The number of hydrogen-bond acceptors (Lipinski definition) is 2. The molecule has 3 aromatic rings. The molecule has 2 atom stereocenters. The highest BCUT2D eigenvalue weighted by Gasteiger charge is 2.44. The van der Waals surface area contributed by atoms with E-state index in [2.05, 4.69) is 104 Å². The van der Waals surface area contributed by atoms with Crippen molar-refractivity contribution in [3.63, 3.8) is 0 Å². The molecular weight excluding hydrogens is 539 g/mol. The van der Waals surface area contributed by atoms with Gasteiger partial charge in [0, 0.05) is 13.0 Å². The first-order valence-corrected chi connectivity index (χ1v) is 15.5. The van der Waals surface area contributed by atoms with Gasteiger partial charge in [-0.1, -0.05) is 93.3 Å². The highest BCUT2D eigenvalue weighted by Crippen LogP contribution is 2.56. The zero-order valence-electron chi connectivity index (χ0n) is 22.6. The van der Waals surface area contributed by atoms with Crippen molar-refractivity contribution in [2.45, 2.75) is 58.0 Å². The zero-order valence-corrected chi connectivity index (χ0v) is 25.1. The van der Waals surface area contributed by atoms with Gasteiger partial charge in [0.25, 0.3) is 0 Å². The van der Waals surface area contributed by atoms with Crippen LogP contribution in [0.2, 0.25) is 0 Å². The summed E-state index contributed by atoms with van der Waals surface area (Å²) in [6, 6.07) is 33.7. The average Bonchev–Trinajstić information content (AvgIpc) is 2.95. The molecule has 0 amide bonds. The summed E-state index contributed by atoms with van der Waals surface area (Å²) < 4.78 is 11.0. The van der Waals surface area contributed by atoms with Crippen LogP contribution in [0.25, 0.3) is 0 Å². The number of ether oxygens (including phenoxy) is 2. The molecule has 0 spiro atoms. The summed E-state index contributed by atoms with van der Waals surface area (Å²) in [4.78, 5) is 0. The summed E-state index contributed by atoms with van der Waals surface area (Å²) in [6.07, 6.45) is 12.0. The molecule has 0 N–H and O–H groups in total. The third kappa shape index (κ3) is 9.18. The van der Waals surface area contributed by atoms with E-state index in [0.717, 1.165) is 6.42 Å². The molecule has 0 heterocycles. The predicted molar refractivity (Wildman–Crippen MR) is 158 cm³/mol. The Kier molecular flexibility index (Phi) is 15.0. The van der Waals surface area contributed by atoms with Crippen LogP contribution in [-0.4, -0.2) is 26.2 Å². The monoisotopic (exact) mass is 582 g/mol.